The molecule has 3 aromatic rings. The largest absolute Gasteiger partial charge is 0.378 e. The maximum atomic E-state index is 15.4. The van der Waals surface area contributed by atoms with Crippen LogP contribution in [0.3, 0.4) is 0 Å². The van der Waals surface area contributed by atoms with E-state index >= 15 is 4.57 Å². The van der Waals surface area contributed by atoms with E-state index in [4.69, 9.17) is 4.52 Å². The molecule has 3 aromatic carbocycles. The molecule has 0 radical (unpaired) electrons. The van der Waals surface area contributed by atoms with Crippen LogP contribution in [0.25, 0.3) is 0 Å². The Balaban J connectivity index is 1.83. The summed E-state index contributed by atoms with van der Waals surface area (Å²) in [5.41, 5.74) is 2.97. The van der Waals surface area contributed by atoms with E-state index in [1.807, 2.05) is 99.0 Å². The zero-order valence-corrected chi connectivity index (χ0v) is 23.2. The van der Waals surface area contributed by atoms with Crippen molar-refractivity contribution in [2.45, 2.75) is 51.9 Å². The summed E-state index contributed by atoms with van der Waals surface area (Å²) in [6.07, 6.45) is 3.21. The summed E-state index contributed by atoms with van der Waals surface area (Å²) in [6, 6.07) is 28.2. The van der Waals surface area contributed by atoms with Crippen molar-refractivity contribution < 1.29 is 9.09 Å². The maximum Gasteiger partial charge on any atom is 0.258 e. The molecule has 192 valence electrons. The first-order valence-electron chi connectivity index (χ1n) is 13.2. The first-order valence-corrected chi connectivity index (χ1v) is 14.9. The molecule has 0 unspecified atom stereocenters. The van der Waals surface area contributed by atoms with Crippen molar-refractivity contribution in [1.82, 2.24) is 0 Å². The summed E-state index contributed by atoms with van der Waals surface area (Å²) >= 11 is 0. The first kappa shape index (κ1) is 26.5. The van der Waals surface area contributed by atoms with Crippen LogP contribution in [0.1, 0.15) is 51.4 Å². The molecule has 0 aromatic heterocycles. The zero-order valence-electron chi connectivity index (χ0n) is 22.3. The SMILES string of the molecule is CC(C)[C@@H]1CC[C@H](C)C[C@H]1O[P@](=O)(c1ccc(N(C)C)cc1)[C@H](Nc1ccccc1)c1ccccc1. The molecule has 36 heavy (non-hydrogen) atoms. The topological polar surface area (TPSA) is 41.6 Å². The molecule has 4 rings (SSSR count). The van der Waals surface area contributed by atoms with Gasteiger partial charge in [0.05, 0.1) is 6.10 Å². The van der Waals surface area contributed by atoms with Gasteiger partial charge < -0.3 is 14.7 Å². The predicted octanol–water partition coefficient (Wildman–Crippen LogP) is 7.94. The second-order valence-corrected chi connectivity index (χ2v) is 13.2. The lowest BCUT2D eigenvalue weighted by Gasteiger charge is -2.41. The van der Waals surface area contributed by atoms with Crippen LogP contribution in [0.4, 0.5) is 11.4 Å². The molecule has 0 spiro atoms. The number of anilines is 2. The second-order valence-electron chi connectivity index (χ2n) is 10.8. The van der Waals surface area contributed by atoms with Crippen LogP contribution in [0, 0.1) is 17.8 Å². The number of para-hydroxylation sites is 1. The van der Waals surface area contributed by atoms with E-state index in [0.29, 0.717) is 17.8 Å². The molecule has 0 aliphatic heterocycles. The number of nitrogens with zero attached hydrogens (tertiary/aromatic N) is 1. The van der Waals surface area contributed by atoms with Gasteiger partial charge in [-0.25, -0.2) is 0 Å². The Kier molecular flexibility index (Phi) is 8.59. The number of rotatable bonds is 9. The van der Waals surface area contributed by atoms with Gasteiger partial charge in [-0.05, 0) is 72.6 Å². The van der Waals surface area contributed by atoms with Crippen molar-refractivity contribution in [2.75, 3.05) is 24.3 Å². The van der Waals surface area contributed by atoms with Crippen LogP contribution >= 0.6 is 7.37 Å². The summed E-state index contributed by atoms with van der Waals surface area (Å²) in [5.74, 6) is 0.927. The molecule has 1 N–H and O–H groups in total. The summed E-state index contributed by atoms with van der Waals surface area (Å²) in [4.78, 5) is 2.06. The van der Waals surface area contributed by atoms with Crippen LogP contribution < -0.4 is 15.5 Å². The minimum atomic E-state index is -3.42. The number of hydrogen-bond acceptors (Lipinski definition) is 4. The zero-order chi connectivity index (χ0) is 25.7. The third-order valence-electron chi connectivity index (χ3n) is 7.51. The Morgan fingerprint density at radius 3 is 2.08 bits per heavy atom. The molecule has 0 heterocycles. The minimum Gasteiger partial charge on any atom is -0.378 e. The molecular formula is C31H41N2O2P. The van der Waals surface area contributed by atoms with Crippen molar-refractivity contribution in [1.29, 1.82) is 0 Å². The molecule has 1 saturated carbocycles. The van der Waals surface area contributed by atoms with Gasteiger partial charge in [-0.15, -0.1) is 0 Å². The third kappa shape index (κ3) is 6.05. The van der Waals surface area contributed by atoms with Gasteiger partial charge in [-0.2, -0.15) is 0 Å². The quantitative estimate of drug-likeness (QED) is 0.300. The maximum absolute atomic E-state index is 15.4. The molecule has 0 saturated heterocycles. The predicted molar refractivity (Wildman–Crippen MR) is 153 cm³/mol. The van der Waals surface area contributed by atoms with E-state index in [9.17, 15) is 0 Å². The molecule has 0 amide bonds. The standard InChI is InChI=1S/C31H41N2O2P/c1-23(2)29-21-16-24(3)22-30(29)35-36(34,28-19-17-27(18-20-28)33(4)5)31(25-12-8-6-9-13-25)32-26-14-10-7-11-15-26/h6-15,17-20,23-24,29-32H,16,21-22H2,1-5H3/t24-,29-,30+,31-,36+/m0/s1. The molecular weight excluding hydrogens is 463 g/mol. The van der Waals surface area contributed by atoms with Crippen molar-refractivity contribution in [3.05, 3.63) is 90.5 Å². The number of hydrogen-bond donors (Lipinski definition) is 1. The number of benzene rings is 3. The van der Waals surface area contributed by atoms with Gasteiger partial charge in [0.1, 0.15) is 5.78 Å². The average Bonchev–Trinajstić information content (AvgIpc) is 2.88. The van der Waals surface area contributed by atoms with Crippen LogP contribution in [0.5, 0.6) is 0 Å². The van der Waals surface area contributed by atoms with E-state index in [-0.39, 0.29) is 6.10 Å². The van der Waals surface area contributed by atoms with Gasteiger partial charge in [0.25, 0.3) is 7.37 Å². The number of nitrogens with one attached hydrogen (secondary N) is 1. The normalized spacial score (nSPS) is 22.6. The van der Waals surface area contributed by atoms with Crippen molar-refractivity contribution >= 4 is 24.0 Å². The van der Waals surface area contributed by atoms with Gasteiger partial charge in [0.15, 0.2) is 0 Å². The molecule has 5 heteroatoms. The Hall–Kier alpha value is -2.55. The fraction of sp³-hybridized carbons (Fsp3) is 0.419. The molecule has 1 fully saturated rings. The minimum absolute atomic E-state index is 0.0445. The Bertz CT molecular complexity index is 1130. The summed E-state index contributed by atoms with van der Waals surface area (Å²) in [7, 11) is 0.618. The van der Waals surface area contributed by atoms with Crippen molar-refractivity contribution in [3.63, 3.8) is 0 Å². The van der Waals surface area contributed by atoms with E-state index in [1.54, 1.807) is 0 Å². The van der Waals surface area contributed by atoms with Crippen LogP contribution in [0.15, 0.2) is 84.9 Å². The Labute approximate surface area is 217 Å². The monoisotopic (exact) mass is 504 g/mol. The van der Waals surface area contributed by atoms with Crippen LogP contribution in [0.2, 0.25) is 0 Å². The summed E-state index contributed by atoms with van der Waals surface area (Å²) in [6.45, 7) is 6.83. The lowest BCUT2D eigenvalue weighted by atomic mass is 9.75. The van der Waals surface area contributed by atoms with Crippen LogP contribution in [-0.2, 0) is 9.09 Å². The Morgan fingerprint density at radius 2 is 1.50 bits per heavy atom. The molecule has 0 bridgehead atoms. The molecule has 1 aliphatic carbocycles. The van der Waals surface area contributed by atoms with Crippen LogP contribution in [-0.4, -0.2) is 20.2 Å². The second kappa shape index (κ2) is 11.7. The van der Waals surface area contributed by atoms with Gasteiger partial charge in [-0.3, -0.25) is 4.57 Å². The lowest BCUT2D eigenvalue weighted by molar-refractivity contribution is 0.0489. The van der Waals surface area contributed by atoms with Crippen molar-refractivity contribution in [3.8, 4) is 0 Å². The summed E-state index contributed by atoms with van der Waals surface area (Å²) in [5, 5.41) is 4.37. The van der Waals surface area contributed by atoms with E-state index in [0.717, 1.165) is 35.1 Å². The molecule has 4 nitrogen and oxygen atoms in total. The van der Waals surface area contributed by atoms with Gasteiger partial charge in [0.2, 0.25) is 0 Å². The molecule has 5 atom stereocenters. The highest BCUT2D eigenvalue weighted by atomic mass is 31.2. The van der Waals surface area contributed by atoms with E-state index in [2.05, 4.69) is 31.0 Å². The average molecular weight is 505 g/mol. The lowest BCUT2D eigenvalue weighted by Crippen LogP contribution is -2.35. The first-order chi connectivity index (χ1) is 17.3. The highest BCUT2D eigenvalue weighted by Crippen LogP contribution is 2.61. The fourth-order valence-electron chi connectivity index (χ4n) is 5.36. The molecule has 1 aliphatic rings. The highest BCUT2D eigenvalue weighted by Gasteiger charge is 2.43. The fourth-order valence-corrected chi connectivity index (χ4v) is 7.99. The summed E-state index contributed by atoms with van der Waals surface area (Å²) < 4.78 is 22.4. The van der Waals surface area contributed by atoms with E-state index in [1.165, 1.54) is 6.42 Å². The van der Waals surface area contributed by atoms with Gasteiger partial charge >= 0.3 is 0 Å². The highest BCUT2D eigenvalue weighted by molar-refractivity contribution is 7.67. The van der Waals surface area contributed by atoms with Gasteiger partial charge in [0, 0.05) is 30.8 Å². The van der Waals surface area contributed by atoms with Gasteiger partial charge in [-0.1, -0.05) is 75.7 Å². The smallest absolute Gasteiger partial charge is 0.258 e. The Morgan fingerprint density at radius 1 is 0.889 bits per heavy atom. The van der Waals surface area contributed by atoms with Crippen molar-refractivity contribution in [2.24, 2.45) is 17.8 Å². The third-order valence-corrected chi connectivity index (χ3v) is 10.2. The van der Waals surface area contributed by atoms with E-state index < -0.39 is 13.2 Å².